The van der Waals surface area contributed by atoms with Crippen LogP contribution >= 0.6 is 0 Å². The number of ether oxygens (including phenoxy) is 1. The molecule has 0 radical (unpaired) electrons. The Kier molecular flexibility index (Phi) is 4.52. The lowest BCUT2D eigenvalue weighted by Crippen LogP contribution is -2.19. The molecule has 0 aliphatic heterocycles. The number of rotatable bonds is 3. The van der Waals surface area contributed by atoms with Crippen molar-refractivity contribution < 1.29 is 13.2 Å². The SMILES string of the molecule is CNS(=O)(=O)c1cc(C#CCN)ccc1OC. The average molecular weight is 254 g/mol. The van der Waals surface area contributed by atoms with Crippen molar-refractivity contribution in [2.75, 3.05) is 20.7 Å². The summed E-state index contributed by atoms with van der Waals surface area (Å²) in [5.74, 6) is 5.71. The van der Waals surface area contributed by atoms with Crippen LogP contribution in [0, 0.1) is 11.8 Å². The second-order valence-electron chi connectivity index (χ2n) is 3.08. The number of hydrogen-bond acceptors (Lipinski definition) is 4. The molecule has 1 aromatic rings. The van der Waals surface area contributed by atoms with Gasteiger partial charge in [-0.2, -0.15) is 0 Å². The molecule has 0 aliphatic carbocycles. The van der Waals surface area contributed by atoms with E-state index in [1.165, 1.54) is 20.2 Å². The van der Waals surface area contributed by atoms with Crippen LogP contribution in [0.5, 0.6) is 5.75 Å². The van der Waals surface area contributed by atoms with Gasteiger partial charge in [0.1, 0.15) is 10.6 Å². The van der Waals surface area contributed by atoms with Crippen molar-refractivity contribution in [2.24, 2.45) is 5.73 Å². The number of hydrogen-bond donors (Lipinski definition) is 2. The van der Waals surface area contributed by atoms with E-state index >= 15 is 0 Å². The van der Waals surface area contributed by atoms with Gasteiger partial charge in [0.25, 0.3) is 0 Å². The summed E-state index contributed by atoms with van der Waals surface area (Å²) in [5, 5.41) is 0. The molecule has 0 unspecified atom stereocenters. The average Bonchev–Trinajstić information content (AvgIpc) is 2.36. The van der Waals surface area contributed by atoms with Gasteiger partial charge in [0, 0.05) is 5.56 Å². The Morgan fingerprint density at radius 1 is 1.47 bits per heavy atom. The minimum absolute atomic E-state index is 0.0614. The highest BCUT2D eigenvalue weighted by Crippen LogP contribution is 2.24. The molecule has 1 rings (SSSR count). The Morgan fingerprint density at radius 3 is 2.71 bits per heavy atom. The van der Waals surface area contributed by atoms with Crippen molar-refractivity contribution in [3.63, 3.8) is 0 Å². The lowest BCUT2D eigenvalue weighted by molar-refractivity contribution is 0.402. The van der Waals surface area contributed by atoms with E-state index in [0.29, 0.717) is 5.56 Å². The number of methoxy groups -OCH3 is 1. The van der Waals surface area contributed by atoms with Crippen LogP contribution in [0.2, 0.25) is 0 Å². The number of nitrogens with two attached hydrogens (primary N) is 1. The molecule has 0 bridgehead atoms. The molecule has 3 N–H and O–H groups in total. The molecule has 0 heterocycles. The predicted octanol–water partition coefficient (Wildman–Crippen LogP) is -0.0865. The lowest BCUT2D eigenvalue weighted by atomic mass is 10.2. The first-order valence-corrected chi connectivity index (χ1v) is 6.34. The van der Waals surface area contributed by atoms with Crippen LogP contribution in [-0.4, -0.2) is 29.1 Å². The van der Waals surface area contributed by atoms with E-state index in [1.54, 1.807) is 12.1 Å². The number of nitrogens with one attached hydrogen (secondary N) is 1. The molecule has 0 saturated carbocycles. The van der Waals surface area contributed by atoms with Gasteiger partial charge in [-0.25, -0.2) is 13.1 Å². The minimum atomic E-state index is -3.56. The van der Waals surface area contributed by atoms with E-state index < -0.39 is 10.0 Å². The van der Waals surface area contributed by atoms with Crippen LogP contribution in [0.3, 0.4) is 0 Å². The first-order valence-electron chi connectivity index (χ1n) is 4.85. The summed E-state index contributed by atoms with van der Waals surface area (Å²) < 4.78 is 30.7. The molecule has 0 atom stereocenters. The zero-order chi connectivity index (χ0) is 12.9. The molecular weight excluding hydrogens is 240 g/mol. The maximum Gasteiger partial charge on any atom is 0.244 e. The van der Waals surface area contributed by atoms with E-state index in [-0.39, 0.29) is 17.2 Å². The minimum Gasteiger partial charge on any atom is -0.495 e. The van der Waals surface area contributed by atoms with Gasteiger partial charge < -0.3 is 10.5 Å². The summed E-state index contributed by atoms with van der Waals surface area (Å²) in [5.41, 5.74) is 5.83. The summed E-state index contributed by atoms with van der Waals surface area (Å²) in [7, 11) is -0.810. The topological polar surface area (TPSA) is 81.4 Å². The zero-order valence-corrected chi connectivity index (χ0v) is 10.5. The fourth-order valence-electron chi connectivity index (χ4n) is 1.23. The Bertz CT molecular complexity index is 556. The van der Waals surface area contributed by atoms with Crippen LogP contribution in [0.15, 0.2) is 23.1 Å². The summed E-state index contributed by atoms with van der Waals surface area (Å²) in [6, 6.07) is 4.69. The Balaban J connectivity index is 3.35. The number of benzene rings is 1. The van der Waals surface area contributed by atoms with Gasteiger partial charge in [0.05, 0.1) is 13.7 Å². The first kappa shape index (κ1) is 13.5. The van der Waals surface area contributed by atoms with Gasteiger partial charge in [-0.3, -0.25) is 0 Å². The number of sulfonamides is 1. The smallest absolute Gasteiger partial charge is 0.244 e. The van der Waals surface area contributed by atoms with Crippen LogP contribution in [0.1, 0.15) is 5.56 Å². The fraction of sp³-hybridized carbons (Fsp3) is 0.273. The third-order valence-electron chi connectivity index (χ3n) is 2.06. The second kappa shape index (κ2) is 5.68. The van der Waals surface area contributed by atoms with Crippen molar-refractivity contribution in [1.29, 1.82) is 0 Å². The van der Waals surface area contributed by atoms with Gasteiger partial charge >= 0.3 is 0 Å². The van der Waals surface area contributed by atoms with E-state index in [0.717, 1.165) is 0 Å². The summed E-state index contributed by atoms with van der Waals surface area (Å²) in [6.45, 7) is 0.222. The Morgan fingerprint density at radius 2 is 2.18 bits per heavy atom. The third-order valence-corrected chi connectivity index (χ3v) is 3.49. The van der Waals surface area contributed by atoms with Crippen molar-refractivity contribution in [3.05, 3.63) is 23.8 Å². The highest BCUT2D eigenvalue weighted by molar-refractivity contribution is 7.89. The Labute approximate surface area is 101 Å². The lowest BCUT2D eigenvalue weighted by Gasteiger charge is -2.08. The van der Waals surface area contributed by atoms with Gasteiger partial charge in [-0.05, 0) is 25.2 Å². The van der Waals surface area contributed by atoms with E-state index in [1.807, 2.05) is 0 Å². The third kappa shape index (κ3) is 3.20. The fourth-order valence-corrected chi connectivity index (χ4v) is 2.15. The van der Waals surface area contributed by atoms with Gasteiger partial charge in [0.2, 0.25) is 10.0 Å². The molecule has 0 amide bonds. The molecule has 0 fully saturated rings. The van der Waals surface area contributed by atoms with Gasteiger partial charge in [0.15, 0.2) is 0 Å². The molecule has 0 aromatic heterocycles. The molecule has 5 nitrogen and oxygen atoms in total. The highest BCUT2D eigenvalue weighted by atomic mass is 32.2. The molecule has 0 saturated heterocycles. The molecule has 6 heteroatoms. The standard InChI is InChI=1S/C11H14N2O3S/c1-13-17(14,15)11-8-9(4-3-7-12)5-6-10(11)16-2/h5-6,8,13H,7,12H2,1-2H3. The van der Waals surface area contributed by atoms with E-state index in [9.17, 15) is 8.42 Å². The summed E-state index contributed by atoms with van der Waals surface area (Å²) >= 11 is 0. The van der Waals surface area contributed by atoms with Crippen LogP contribution in [0.25, 0.3) is 0 Å². The Hall–Kier alpha value is -1.55. The van der Waals surface area contributed by atoms with E-state index in [4.69, 9.17) is 10.5 Å². The van der Waals surface area contributed by atoms with E-state index in [2.05, 4.69) is 16.6 Å². The molecular formula is C11H14N2O3S. The van der Waals surface area contributed by atoms with Crippen LogP contribution in [0.4, 0.5) is 0 Å². The molecule has 0 aliphatic rings. The molecule has 92 valence electrons. The molecule has 1 aromatic carbocycles. The monoisotopic (exact) mass is 254 g/mol. The van der Waals surface area contributed by atoms with Gasteiger partial charge in [-0.15, -0.1) is 0 Å². The van der Waals surface area contributed by atoms with Crippen molar-refractivity contribution >= 4 is 10.0 Å². The first-order chi connectivity index (χ1) is 8.05. The zero-order valence-electron chi connectivity index (χ0n) is 9.65. The van der Waals surface area contributed by atoms with Crippen molar-refractivity contribution in [2.45, 2.75) is 4.90 Å². The molecule has 17 heavy (non-hydrogen) atoms. The quantitative estimate of drug-likeness (QED) is 0.739. The summed E-state index contributed by atoms with van der Waals surface area (Å²) in [6.07, 6.45) is 0. The van der Waals surface area contributed by atoms with Crippen LogP contribution < -0.4 is 15.2 Å². The van der Waals surface area contributed by atoms with Crippen molar-refractivity contribution in [3.8, 4) is 17.6 Å². The van der Waals surface area contributed by atoms with Crippen LogP contribution in [-0.2, 0) is 10.0 Å². The molecule has 0 spiro atoms. The largest absolute Gasteiger partial charge is 0.495 e. The predicted molar refractivity (Wildman–Crippen MR) is 65.2 cm³/mol. The second-order valence-corrected chi connectivity index (χ2v) is 4.93. The summed E-state index contributed by atoms with van der Waals surface area (Å²) in [4.78, 5) is 0.0614. The highest BCUT2D eigenvalue weighted by Gasteiger charge is 2.17. The van der Waals surface area contributed by atoms with Gasteiger partial charge in [-0.1, -0.05) is 11.8 Å². The normalized spacial score (nSPS) is 10.5. The van der Waals surface area contributed by atoms with Crippen molar-refractivity contribution in [1.82, 2.24) is 4.72 Å². The maximum atomic E-state index is 11.7. The maximum absolute atomic E-state index is 11.7.